The molecule has 0 aromatic heterocycles. The number of rotatable bonds is 2. The second kappa shape index (κ2) is 3.73. The number of anilines is 1. The summed E-state index contributed by atoms with van der Waals surface area (Å²) in [5.74, 6) is 4.71. The molecule has 1 amide bonds. The van der Waals surface area contributed by atoms with Gasteiger partial charge in [0, 0.05) is 5.69 Å². The summed E-state index contributed by atoms with van der Waals surface area (Å²) < 4.78 is 0. The molecule has 0 aliphatic carbocycles. The molecule has 1 aromatic rings. The molecule has 0 radical (unpaired) electrons. The van der Waals surface area contributed by atoms with Crippen molar-refractivity contribution < 1.29 is 4.79 Å². The molecule has 5 N–H and O–H groups in total. The van der Waals surface area contributed by atoms with E-state index in [0.717, 1.165) is 5.56 Å². The van der Waals surface area contributed by atoms with Crippen molar-refractivity contribution in [3.8, 4) is 0 Å². The number of carbonyl (C=O) groups excluding carboxylic acids is 1. The summed E-state index contributed by atoms with van der Waals surface area (Å²) in [5, 5.41) is 0. The van der Waals surface area contributed by atoms with Gasteiger partial charge < -0.3 is 5.73 Å². The summed E-state index contributed by atoms with van der Waals surface area (Å²) in [6.45, 7) is 0. The lowest BCUT2D eigenvalue weighted by Gasteiger charge is -2.00. The van der Waals surface area contributed by atoms with E-state index in [9.17, 15) is 4.79 Å². The fourth-order valence-corrected chi connectivity index (χ4v) is 0.940. The first-order chi connectivity index (χ1) is 5.72. The highest BCUT2D eigenvalue weighted by atomic mass is 16.2. The Hall–Kier alpha value is -1.55. The zero-order valence-electron chi connectivity index (χ0n) is 6.58. The van der Waals surface area contributed by atoms with Crippen molar-refractivity contribution in [2.45, 2.75) is 6.42 Å². The van der Waals surface area contributed by atoms with Crippen LogP contribution in [0.25, 0.3) is 0 Å². The number of carbonyl (C=O) groups is 1. The number of nitrogen functional groups attached to an aromatic ring is 1. The Labute approximate surface area is 70.5 Å². The number of benzene rings is 1. The van der Waals surface area contributed by atoms with Crippen LogP contribution in [0.3, 0.4) is 0 Å². The lowest BCUT2D eigenvalue weighted by Crippen LogP contribution is -2.31. The maximum absolute atomic E-state index is 10.8. The van der Waals surface area contributed by atoms with Crippen LogP contribution in [-0.4, -0.2) is 5.91 Å². The van der Waals surface area contributed by atoms with Crippen LogP contribution in [0, 0.1) is 0 Å². The Balaban J connectivity index is 2.69. The standard InChI is InChI=1S/C8H11N3O/c9-7-3-1-2-6(4-7)5-8(12)11-10/h1-4H,5,9-10H2,(H,11,12). The van der Waals surface area contributed by atoms with Crippen LogP contribution < -0.4 is 17.0 Å². The van der Waals surface area contributed by atoms with Gasteiger partial charge in [-0.3, -0.25) is 10.2 Å². The summed E-state index contributed by atoms with van der Waals surface area (Å²) in [6.07, 6.45) is 0.265. The molecule has 0 saturated heterocycles. The Kier molecular flexibility index (Phi) is 2.66. The molecule has 4 nitrogen and oxygen atoms in total. The van der Waals surface area contributed by atoms with Crippen molar-refractivity contribution in [1.82, 2.24) is 5.43 Å². The number of hydrazine groups is 1. The quantitative estimate of drug-likeness (QED) is 0.246. The molecule has 0 heterocycles. The van der Waals surface area contributed by atoms with E-state index in [2.05, 4.69) is 5.43 Å². The number of hydrogen-bond donors (Lipinski definition) is 3. The number of amides is 1. The van der Waals surface area contributed by atoms with Gasteiger partial charge >= 0.3 is 0 Å². The van der Waals surface area contributed by atoms with Gasteiger partial charge in [-0.2, -0.15) is 0 Å². The van der Waals surface area contributed by atoms with E-state index in [-0.39, 0.29) is 12.3 Å². The van der Waals surface area contributed by atoms with Crippen molar-refractivity contribution in [2.24, 2.45) is 5.84 Å². The minimum absolute atomic E-state index is 0.222. The Bertz CT molecular complexity index is 285. The molecule has 64 valence electrons. The lowest BCUT2D eigenvalue weighted by molar-refractivity contribution is -0.120. The van der Waals surface area contributed by atoms with Gasteiger partial charge in [-0.15, -0.1) is 0 Å². The molecule has 0 saturated carbocycles. The molecule has 1 rings (SSSR count). The number of nitrogens with two attached hydrogens (primary N) is 2. The van der Waals surface area contributed by atoms with Crippen LogP contribution in [0.15, 0.2) is 24.3 Å². The zero-order valence-corrected chi connectivity index (χ0v) is 6.58. The van der Waals surface area contributed by atoms with Crippen molar-refractivity contribution in [3.63, 3.8) is 0 Å². The van der Waals surface area contributed by atoms with Gasteiger partial charge in [0.25, 0.3) is 0 Å². The molecule has 0 bridgehead atoms. The first kappa shape index (κ1) is 8.55. The molecule has 12 heavy (non-hydrogen) atoms. The molecule has 0 aliphatic rings. The molecule has 0 spiro atoms. The van der Waals surface area contributed by atoms with Crippen molar-refractivity contribution in [2.75, 3.05) is 5.73 Å². The van der Waals surface area contributed by atoms with E-state index in [1.807, 2.05) is 6.07 Å². The predicted octanol–water partition coefficient (Wildman–Crippen LogP) is -0.199. The fourth-order valence-electron chi connectivity index (χ4n) is 0.940. The van der Waals surface area contributed by atoms with Gasteiger partial charge in [-0.05, 0) is 17.7 Å². The highest BCUT2D eigenvalue weighted by molar-refractivity contribution is 5.78. The van der Waals surface area contributed by atoms with Crippen LogP contribution in [0.4, 0.5) is 5.69 Å². The van der Waals surface area contributed by atoms with E-state index in [0.29, 0.717) is 5.69 Å². The minimum Gasteiger partial charge on any atom is -0.399 e. The molecule has 0 atom stereocenters. The SMILES string of the molecule is NNC(=O)Cc1cccc(N)c1. The third-order valence-electron chi connectivity index (χ3n) is 1.48. The van der Waals surface area contributed by atoms with Gasteiger partial charge in [0.1, 0.15) is 0 Å². The average Bonchev–Trinajstić information content (AvgIpc) is 2.04. The van der Waals surface area contributed by atoms with Gasteiger partial charge in [0.2, 0.25) is 5.91 Å². The topological polar surface area (TPSA) is 81.1 Å². The molecule has 0 fully saturated rings. The van der Waals surface area contributed by atoms with Crippen LogP contribution in [0.2, 0.25) is 0 Å². The van der Waals surface area contributed by atoms with Gasteiger partial charge in [-0.1, -0.05) is 12.1 Å². The third-order valence-corrected chi connectivity index (χ3v) is 1.48. The second-order valence-electron chi connectivity index (χ2n) is 2.49. The third kappa shape index (κ3) is 2.25. The molecular formula is C8H11N3O. The zero-order chi connectivity index (χ0) is 8.97. The van der Waals surface area contributed by atoms with Gasteiger partial charge in [-0.25, -0.2) is 5.84 Å². The molecule has 0 aliphatic heterocycles. The number of hydrogen-bond acceptors (Lipinski definition) is 3. The van der Waals surface area contributed by atoms with E-state index in [1.54, 1.807) is 18.2 Å². The van der Waals surface area contributed by atoms with E-state index in [4.69, 9.17) is 11.6 Å². The van der Waals surface area contributed by atoms with Crippen LogP contribution in [0.1, 0.15) is 5.56 Å². The van der Waals surface area contributed by atoms with Crippen LogP contribution in [0.5, 0.6) is 0 Å². The highest BCUT2D eigenvalue weighted by Crippen LogP contribution is 2.06. The first-order valence-corrected chi connectivity index (χ1v) is 3.56. The monoisotopic (exact) mass is 165 g/mol. The van der Waals surface area contributed by atoms with Gasteiger partial charge in [0.15, 0.2) is 0 Å². The Morgan fingerprint density at radius 2 is 2.25 bits per heavy atom. The maximum Gasteiger partial charge on any atom is 0.238 e. The molecule has 1 aromatic carbocycles. The molecule has 0 unspecified atom stereocenters. The van der Waals surface area contributed by atoms with E-state index >= 15 is 0 Å². The predicted molar refractivity (Wildman–Crippen MR) is 46.9 cm³/mol. The van der Waals surface area contributed by atoms with E-state index < -0.39 is 0 Å². The average molecular weight is 165 g/mol. The van der Waals surface area contributed by atoms with Crippen LogP contribution >= 0.6 is 0 Å². The molecule has 4 heteroatoms. The van der Waals surface area contributed by atoms with Crippen LogP contribution in [-0.2, 0) is 11.2 Å². The summed E-state index contributed by atoms with van der Waals surface area (Å²) in [4.78, 5) is 10.8. The van der Waals surface area contributed by atoms with Crippen molar-refractivity contribution >= 4 is 11.6 Å². The summed E-state index contributed by atoms with van der Waals surface area (Å²) in [6, 6.07) is 7.14. The Morgan fingerprint density at radius 1 is 1.50 bits per heavy atom. The number of nitrogens with one attached hydrogen (secondary N) is 1. The smallest absolute Gasteiger partial charge is 0.238 e. The second-order valence-corrected chi connectivity index (χ2v) is 2.49. The summed E-state index contributed by atoms with van der Waals surface area (Å²) >= 11 is 0. The lowest BCUT2D eigenvalue weighted by atomic mass is 10.1. The minimum atomic E-state index is -0.222. The normalized spacial score (nSPS) is 9.42. The maximum atomic E-state index is 10.8. The van der Waals surface area contributed by atoms with E-state index in [1.165, 1.54) is 0 Å². The van der Waals surface area contributed by atoms with Crippen molar-refractivity contribution in [1.29, 1.82) is 0 Å². The summed E-state index contributed by atoms with van der Waals surface area (Å²) in [7, 11) is 0. The largest absolute Gasteiger partial charge is 0.399 e. The van der Waals surface area contributed by atoms with Gasteiger partial charge in [0.05, 0.1) is 6.42 Å². The highest BCUT2D eigenvalue weighted by Gasteiger charge is 1.99. The fraction of sp³-hybridized carbons (Fsp3) is 0.125. The summed E-state index contributed by atoms with van der Waals surface area (Å²) in [5.41, 5.74) is 9.08. The Morgan fingerprint density at radius 3 is 2.83 bits per heavy atom. The first-order valence-electron chi connectivity index (χ1n) is 3.56. The van der Waals surface area contributed by atoms with Crippen molar-refractivity contribution in [3.05, 3.63) is 29.8 Å². The molecular weight excluding hydrogens is 154 g/mol.